The molecule has 240 valence electrons. The van der Waals surface area contributed by atoms with Crippen molar-refractivity contribution in [2.45, 2.75) is 83.6 Å². The molecule has 0 aromatic carbocycles. The largest absolute Gasteiger partial charge is 0.357 e. The lowest BCUT2D eigenvalue weighted by Gasteiger charge is -2.41. The van der Waals surface area contributed by atoms with Crippen molar-refractivity contribution in [3.63, 3.8) is 0 Å². The number of pyridine rings is 2. The van der Waals surface area contributed by atoms with Gasteiger partial charge in [-0.2, -0.15) is 15.5 Å². The number of rotatable bonds is 7. The molecule has 11 heteroatoms. The molecule has 0 bridgehead atoms. The second kappa shape index (κ2) is 12.2. The van der Waals surface area contributed by atoms with Crippen molar-refractivity contribution >= 4 is 17.2 Å². The fourth-order valence-electron chi connectivity index (χ4n) is 7.41. The van der Waals surface area contributed by atoms with Gasteiger partial charge in [0.15, 0.2) is 5.79 Å². The summed E-state index contributed by atoms with van der Waals surface area (Å²) >= 11 is 0. The molecule has 2 saturated heterocycles. The Kier molecular flexibility index (Phi) is 8.03. The number of carbonyl (C=O) groups excluding carboxylic acids is 1. The SMILES string of the molecule is CCC1(C(=O)NC(C)C)CCN(c2ccc(-c3cc(-c4cnn(C5CCC6(CC5)OCCO6)c4)cn4ncc(C#N)c34)cn2)CC1. The number of aromatic nitrogens is 5. The summed E-state index contributed by atoms with van der Waals surface area (Å²) in [4.78, 5) is 20.1. The van der Waals surface area contributed by atoms with Crippen molar-refractivity contribution in [3.8, 4) is 28.3 Å². The molecule has 0 radical (unpaired) electrons. The number of ether oxygens (including phenoxy) is 2. The highest BCUT2D eigenvalue weighted by molar-refractivity contribution is 5.87. The van der Waals surface area contributed by atoms with Crippen molar-refractivity contribution in [2.75, 3.05) is 31.2 Å². The van der Waals surface area contributed by atoms with E-state index in [9.17, 15) is 10.1 Å². The molecule has 4 aromatic rings. The quantitative estimate of drug-likeness (QED) is 0.286. The van der Waals surface area contributed by atoms with Crippen LogP contribution in [0.3, 0.4) is 0 Å². The van der Waals surface area contributed by atoms with Gasteiger partial charge in [-0.05, 0) is 64.2 Å². The first kappa shape index (κ1) is 30.4. The molecule has 0 atom stereocenters. The summed E-state index contributed by atoms with van der Waals surface area (Å²) in [5.41, 5.74) is 4.70. The van der Waals surface area contributed by atoms with Gasteiger partial charge in [-0.15, -0.1) is 0 Å². The van der Waals surface area contributed by atoms with Crippen LogP contribution in [-0.2, 0) is 14.3 Å². The molecule has 1 spiro atoms. The van der Waals surface area contributed by atoms with Gasteiger partial charge in [0, 0.05) is 72.8 Å². The Balaban J connectivity index is 1.12. The second-order valence-electron chi connectivity index (χ2n) is 13.3. The number of piperidine rings is 1. The maximum absolute atomic E-state index is 13.0. The number of carbonyl (C=O) groups is 1. The standard InChI is InChI=1S/C35H42N8O3/c1-4-34(33(44)40-24(2)3)11-13-41(14-12-34)31-6-5-25(19-37-31)30-17-26(22-43-32(30)27(18-36)20-39-43)28-21-38-42(23-28)29-7-9-35(10-8-29)45-15-16-46-35/h5-6,17,19-24,29H,4,7-16H2,1-3H3,(H,40,44). The third-order valence-electron chi connectivity index (χ3n) is 10.3. The van der Waals surface area contributed by atoms with E-state index in [2.05, 4.69) is 51.3 Å². The van der Waals surface area contributed by atoms with Crippen molar-refractivity contribution in [1.29, 1.82) is 5.26 Å². The van der Waals surface area contributed by atoms with Gasteiger partial charge in [-0.1, -0.05) is 6.92 Å². The first-order valence-corrected chi connectivity index (χ1v) is 16.6. The van der Waals surface area contributed by atoms with Gasteiger partial charge >= 0.3 is 0 Å². The van der Waals surface area contributed by atoms with Crippen LogP contribution in [0.1, 0.15) is 77.3 Å². The smallest absolute Gasteiger partial charge is 0.226 e. The highest BCUT2D eigenvalue weighted by Gasteiger charge is 2.41. The monoisotopic (exact) mass is 622 g/mol. The zero-order chi connectivity index (χ0) is 31.9. The summed E-state index contributed by atoms with van der Waals surface area (Å²) in [5, 5.41) is 22.3. The van der Waals surface area contributed by atoms with E-state index in [4.69, 9.17) is 19.6 Å². The molecular weight excluding hydrogens is 580 g/mol. The summed E-state index contributed by atoms with van der Waals surface area (Å²) in [7, 11) is 0. The Morgan fingerprint density at radius 3 is 2.43 bits per heavy atom. The van der Waals surface area contributed by atoms with Crippen LogP contribution in [0, 0.1) is 16.7 Å². The van der Waals surface area contributed by atoms with E-state index in [1.165, 1.54) is 0 Å². The molecule has 0 unspecified atom stereocenters. The minimum atomic E-state index is -0.396. The summed E-state index contributed by atoms with van der Waals surface area (Å²) < 4.78 is 15.7. The van der Waals surface area contributed by atoms with Gasteiger partial charge in [-0.25, -0.2) is 9.50 Å². The average molecular weight is 623 g/mol. The molecule has 1 N–H and O–H groups in total. The summed E-state index contributed by atoms with van der Waals surface area (Å²) in [6.45, 7) is 9.04. The molecule has 3 aliphatic rings. The van der Waals surface area contributed by atoms with Gasteiger partial charge in [0.1, 0.15) is 11.9 Å². The highest BCUT2D eigenvalue weighted by Crippen LogP contribution is 2.41. The maximum atomic E-state index is 13.0. The van der Waals surface area contributed by atoms with Gasteiger partial charge < -0.3 is 19.7 Å². The first-order valence-electron chi connectivity index (χ1n) is 16.6. The van der Waals surface area contributed by atoms with Crippen molar-refractivity contribution < 1.29 is 14.3 Å². The lowest BCUT2D eigenvalue weighted by molar-refractivity contribution is -0.181. The van der Waals surface area contributed by atoms with Crippen LogP contribution in [0.4, 0.5) is 5.82 Å². The van der Waals surface area contributed by atoms with Gasteiger partial charge in [-0.3, -0.25) is 9.48 Å². The lowest BCUT2D eigenvalue weighted by atomic mass is 9.75. The maximum Gasteiger partial charge on any atom is 0.226 e. The molecule has 6 heterocycles. The van der Waals surface area contributed by atoms with Gasteiger partial charge in [0.05, 0.1) is 48.1 Å². The predicted molar refractivity (Wildman–Crippen MR) is 174 cm³/mol. The molecule has 4 aromatic heterocycles. The fourth-order valence-corrected chi connectivity index (χ4v) is 7.41. The molecule has 3 fully saturated rings. The van der Waals surface area contributed by atoms with Crippen LogP contribution < -0.4 is 10.2 Å². The highest BCUT2D eigenvalue weighted by atomic mass is 16.7. The van der Waals surface area contributed by atoms with Crippen LogP contribution in [0.15, 0.2) is 49.2 Å². The van der Waals surface area contributed by atoms with E-state index in [1.807, 2.05) is 38.5 Å². The van der Waals surface area contributed by atoms with Crippen LogP contribution in [0.5, 0.6) is 0 Å². The van der Waals surface area contributed by atoms with E-state index in [1.54, 1.807) is 10.7 Å². The topological polar surface area (TPSA) is 123 Å². The second-order valence-corrected chi connectivity index (χ2v) is 13.3. The summed E-state index contributed by atoms with van der Waals surface area (Å²) in [5.74, 6) is 0.659. The zero-order valence-corrected chi connectivity index (χ0v) is 26.9. The first-order chi connectivity index (χ1) is 22.3. The Morgan fingerprint density at radius 2 is 1.78 bits per heavy atom. The number of hydrogen-bond acceptors (Lipinski definition) is 8. The van der Waals surface area contributed by atoms with Crippen LogP contribution in [-0.4, -0.2) is 68.4 Å². The minimum Gasteiger partial charge on any atom is -0.357 e. The Labute approximate surface area is 269 Å². The Hall–Kier alpha value is -4.27. The summed E-state index contributed by atoms with van der Waals surface area (Å²) in [6, 6.07) is 8.95. The van der Waals surface area contributed by atoms with E-state index < -0.39 is 5.79 Å². The zero-order valence-electron chi connectivity index (χ0n) is 26.9. The van der Waals surface area contributed by atoms with E-state index >= 15 is 0 Å². The number of nitrogens with one attached hydrogen (secondary N) is 1. The minimum absolute atomic E-state index is 0.133. The predicted octanol–water partition coefficient (Wildman–Crippen LogP) is 5.51. The van der Waals surface area contributed by atoms with E-state index in [0.717, 1.165) is 91.6 Å². The number of nitrogens with zero attached hydrogens (tertiary/aromatic N) is 7. The van der Waals surface area contributed by atoms with Crippen LogP contribution in [0.25, 0.3) is 27.8 Å². The number of fused-ring (bicyclic) bond motifs is 1. The van der Waals surface area contributed by atoms with E-state index in [0.29, 0.717) is 24.8 Å². The Bertz CT molecular complexity index is 1740. The van der Waals surface area contributed by atoms with Crippen molar-refractivity contribution in [3.05, 3.63) is 54.7 Å². The molecule has 7 rings (SSSR count). The van der Waals surface area contributed by atoms with Gasteiger partial charge in [0.2, 0.25) is 5.91 Å². The van der Waals surface area contributed by atoms with Crippen molar-refractivity contribution in [1.82, 2.24) is 29.7 Å². The molecule has 1 saturated carbocycles. The molecule has 1 amide bonds. The van der Waals surface area contributed by atoms with Crippen molar-refractivity contribution in [2.24, 2.45) is 5.41 Å². The normalized spacial score (nSPS) is 19.6. The molecule has 11 nitrogen and oxygen atoms in total. The van der Waals surface area contributed by atoms with E-state index in [-0.39, 0.29) is 17.4 Å². The van der Waals surface area contributed by atoms with Gasteiger partial charge in [0.25, 0.3) is 0 Å². The molecular formula is C35H42N8O3. The van der Waals surface area contributed by atoms with Crippen LogP contribution >= 0.6 is 0 Å². The number of hydrogen-bond donors (Lipinski definition) is 1. The number of nitriles is 1. The molecule has 1 aliphatic carbocycles. The molecule has 46 heavy (non-hydrogen) atoms. The lowest BCUT2D eigenvalue weighted by Crippen LogP contribution is -2.50. The average Bonchev–Trinajstić information content (AvgIpc) is 3.85. The van der Waals surface area contributed by atoms with Crippen LogP contribution in [0.2, 0.25) is 0 Å². The summed E-state index contributed by atoms with van der Waals surface area (Å²) in [6.07, 6.45) is 15.5. The third-order valence-corrected chi connectivity index (χ3v) is 10.3. The Morgan fingerprint density at radius 1 is 1.02 bits per heavy atom. The third kappa shape index (κ3) is 5.54. The fraction of sp³-hybridized carbons (Fsp3) is 0.514. The number of amides is 1. The number of anilines is 1. The molecule has 2 aliphatic heterocycles.